The molecular formula is C47H72N6O10. The second kappa shape index (κ2) is 21.8. The van der Waals surface area contributed by atoms with E-state index in [4.69, 9.17) is 9.47 Å². The number of nitrogens with one attached hydrogen (secondary N) is 4. The second-order valence-corrected chi connectivity index (χ2v) is 20.0. The zero-order valence-corrected chi connectivity index (χ0v) is 40.2. The molecule has 0 saturated heterocycles. The number of hydrogen-bond donors (Lipinski definition) is 4. The monoisotopic (exact) mass is 881 g/mol. The second-order valence-electron chi connectivity index (χ2n) is 20.0. The lowest BCUT2D eigenvalue weighted by molar-refractivity contribution is -0.160. The quantitative estimate of drug-likeness (QED) is 0.0883. The molecule has 0 aliphatic carbocycles. The molecule has 0 spiro atoms. The molecule has 4 N–H and O–H groups in total. The van der Waals surface area contributed by atoms with Crippen LogP contribution in [0, 0.1) is 11.3 Å². The first-order chi connectivity index (χ1) is 28.8. The molecule has 0 saturated carbocycles. The van der Waals surface area contributed by atoms with Crippen molar-refractivity contribution in [3.63, 3.8) is 0 Å². The van der Waals surface area contributed by atoms with Gasteiger partial charge in [0.15, 0.2) is 0 Å². The van der Waals surface area contributed by atoms with E-state index in [2.05, 4.69) is 21.3 Å². The highest BCUT2D eigenvalue weighted by Gasteiger charge is 2.42. The molecule has 6 amide bonds. The fraction of sp³-hybridized carbons (Fsp3) is 0.617. The van der Waals surface area contributed by atoms with E-state index in [1.165, 1.54) is 17.1 Å². The predicted molar refractivity (Wildman–Crippen MR) is 240 cm³/mol. The number of nitrogens with zero attached hydrogens (tertiary/aromatic N) is 2. The Balaban J connectivity index is 2.27. The highest BCUT2D eigenvalue weighted by Crippen LogP contribution is 2.30. The average molecular weight is 881 g/mol. The smallest absolute Gasteiger partial charge is 0.329 e. The number of carbonyl (C=O) groups is 8. The molecule has 1 unspecified atom stereocenters. The van der Waals surface area contributed by atoms with Gasteiger partial charge in [-0.05, 0) is 91.0 Å². The van der Waals surface area contributed by atoms with Crippen molar-refractivity contribution < 1.29 is 47.8 Å². The Hall–Kier alpha value is -5.38. The third-order valence-electron chi connectivity index (χ3n) is 10.4. The largest absolute Gasteiger partial charge is 0.460 e. The Labute approximate surface area is 373 Å². The van der Waals surface area contributed by atoms with Crippen LogP contribution in [-0.4, -0.2) is 120 Å². The number of ether oxygens (including phenoxy) is 2. The molecule has 63 heavy (non-hydrogen) atoms. The molecular weight excluding hydrogens is 809 g/mol. The van der Waals surface area contributed by atoms with Crippen LogP contribution in [0.5, 0.6) is 0 Å². The predicted octanol–water partition coefficient (Wildman–Crippen LogP) is 4.12. The summed E-state index contributed by atoms with van der Waals surface area (Å²) >= 11 is 0. The van der Waals surface area contributed by atoms with E-state index in [1.807, 2.05) is 48.5 Å². The Bertz CT molecular complexity index is 1900. The van der Waals surface area contributed by atoms with Crippen LogP contribution in [0.25, 0.3) is 0 Å². The van der Waals surface area contributed by atoms with Crippen molar-refractivity contribution in [3.8, 4) is 0 Å². The number of hydrogen-bond acceptors (Lipinski definition) is 11. The molecule has 2 rings (SSSR count). The zero-order valence-electron chi connectivity index (χ0n) is 40.2. The van der Waals surface area contributed by atoms with Crippen molar-refractivity contribution in [3.05, 3.63) is 59.2 Å². The van der Waals surface area contributed by atoms with Crippen LogP contribution in [0.1, 0.15) is 126 Å². The first kappa shape index (κ1) is 53.8. The number of carbonyl (C=O) groups excluding carboxylic acids is 8. The van der Waals surface area contributed by atoms with Gasteiger partial charge in [-0.1, -0.05) is 66.7 Å². The molecule has 0 radical (unpaired) electrons. The molecule has 1 aromatic rings. The topological polar surface area (TPSA) is 210 Å². The lowest BCUT2D eigenvalue weighted by Crippen LogP contribution is -2.61. The van der Waals surface area contributed by atoms with E-state index in [0.29, 0.717) is 5.56 Å². The van der Waals surface area contributed by atoms with Crippen LogP contribution in [0.2, 0.25) is 0 Å². The normalized spacial score (nSPS) is 15.6. The minimum absolute atomic E-state index is 0.0393. The first-order valence-electron chi connectivity index (χ1n) is 21.4. The van der Waals surface area contributed by atoms with E-state index >= 15 is 0 Å². The van der Waals surface area contributed by atoms with Crippen LogP contribution in [-0.2, 0) is 48.5 Å². The summed E-state index contributed by atoms with van der Waals surface area (Å²) in [5, 5.41) is 11.6. The molecule has 350 valence electrons. The molecule has 1 aromatic carbocycles. The lowest BCUT2D eigenvalue weighted by Gasteiger charge is -2.40. The Morgan fingerprint density at radius 1 is 0.794 bits per heavy atom. The summed E-state index contributed by atoms with van der Waals surface area (Å²) in [5.41, 5.74) is -1.86. The maximum absolute atomic E-state index is 14.5. The van der Waals surface area contributed by atoms with Gasteiger partial charge in [0.05, 0.1) is 12.1 Å². The first-order valence-corrected chi connectivity index (χ1v) is 21.4. The van der Waals surface area contributed by atoms with Gasteiger partial charge in [0.25, 0.3) is 17.7 Å². The van der Waals surface area contributed by atoms with Crippen molar-refractivity contribution >= 4 is 47.4 Å². The van der Waals surface area contributed by atoms with Gasteiger partial charge in [0.1, 0.15) is 23.3 Å². The van der Waals surface area contributed by atoms with E-state index < -0.39 is 87.7 Å². The van der Waals surface area contributed by atoms with Gasteiger partial charge in [-0.2, -0.15) is 0 Å². The maximum Gasteiger partial charge on any atom is 0.329 e. The average Bonchev–Trinajstić information content (AvgIpc) is 3.47. The third-order valence-corrected chi connectivity index (χ3v) is 10.4. The third kappa shape index (κ3) is 16.0. The summed E-state index contributed by atoms with van der Waals surface area (Å²) < 4.78 is 11.0. The molecule has 0 fully saturated rings. The SMILES string of the molecule is CNC(C(=O)N[C@H](C(=O)N(C)[C@H](/C=C(\C)C(=O)N[C@H](CCC(=O)OC(C)(C)C)C(=O)OC(C)(C)C)C(C)C)C(C)(C)C)C(C)(C)c1ccc(C(=O)NCCN2C(=O)C=CC2=O)cc1. The number of amides is 6. The highest BCUT2D eigenvalue weighted by molar-refractivity contribution is 6.13. The van der Waals surface area contributed by atoms with E-state index in [0.717, 1.165) is 10.5 Å². The summed E-state index contributed by atoms with van der Waals surface area (Å²) in [6.07, 6.45) is 3.82. The standard InChI is InChI=1S/C47H72N6O10/c1-28(2)33(27-29(3)39(57)50-32(43(61)63-46(10,11)12)21-24-36(56)62-45(7,8)9)52(16)42(60)38(44(4,5)6)51-41(59)37(48-15)47(13,14)31-19-17-30(18-20-31)40(58)49-25-26-53-34(54)22-23-35(53)55/h17-20,22-23,27-28,32-33,37-38,48H,21,24-26H2,1-16H3,(H,49,58)(H,50,57)(H,51,59)/b29-27+/t32-,33-,37?,38-/m1/s1. The summed E-state index contributed by atoms with van der Waals surface area (Å²) in [6.45, 7) is 25.1. The van der Waals surface area contributed by atoms with Crippen molar-refractivity contribution in [2.45, 2.75) is 151 Å². The molecule has 1 aliphatic heterocycles. The minimum atomic E-state index is -1.15. The van der Waals surface area contributed by atoms with Crippen molar-refractivity contribution in [2.24, 2.45) is 11.3 Å². The van der Waals surface area contributed by atoms with Crippen molar-refractivity contribution in [2.75, 3.05) is 27.2 Å². The van der Waals surface area contributed by atoms with Gasteiger partial charge in [-0.3, -0.25) is 38.5 Å². The number of imide groups is 1. The van der Waals surface area contributed by atoms with Gasteiger partial charge < -0.3 is 35.6 Å². The summed E-state index contributed by atoms with van der Waals surface area (Å²) in [7, 11) is 3.27. The number of esters is 2. The molecule has 4 atom stereocenters. The summed E-state index contributed by atoms with van der Waals surface area (Å²) in [6, 6.07) is 3.17. The van der Waals surface area contributed by atoms with Crippen LogP contribution >= 0.6 is 0 Å². The molecule has 1 aliphatic rings. The zero-order chi connectivity index (χ0) is 48.4. The van der Waals surface area contributed by atoms with Crippen LogP contribution in [0.3, 0.4) is 0 Å². The Kier molecular flexibility index (Phi) is 18.6. The number of benzene rings is 1. The van der Waals surface area contributed by atoms with Crippen molar-refractivity contribution in [1.29, 1.82) is 0 Å². The Morgan fingerprint density at radius 3 is 1.81 bits per heavy atom. The fourth-order valence-corrected chi connectivity index (χ4v) is 6.93. The maximum atomic E-state index is 14.5. The fourth-order valence-electron chi connectivity index (χ4n) is 6.93. The number of rotatable bonds is 19. The van der Waals surface area contributed by atoms with Gasteiger partial charge in [-0.25, -0.2) is 4.79 Å². The van der Waals surface area contributed by atoms with E-state index in [-0.39, 0.29) is 43.3 Å². The van der Waals surface area contributed by atoms with Gasteiger partial charge in [0, 0.05) is 55.3 Å². The van der Waals surface area contributed by atoms with Crippen molar-refractivity contribution in [1.82, 2.24) is 31.1 Å². The Morgan fingerprint density at radius 2 is 1.33 bits per heavy atom. The van der Waals surface area contributed by atoms with E-state index in [9.17, 15) is 38.4 Å². The summed E-state index contributed by atoms with van der Waals surface area (Å²) in [4.78, 5) is 107. The lowest BCUT2D eigenvalue weighted by atomic mass is 9.76. The van der Waals surface area contributed by atoms with E-state index in [1.54, 1.807) is 92.9 Å². The number of likely N-dealkylation sites (N-methyl/N-ethyl adjacent to an activating group) is 2. The van der Waals surface area contributed by atoms with Gasteiger partial charge >= 0.3 is 11.9 Å². The van der Waals surface area contributed by atoms with Gasteiger partial charge in [0.2, 0.25) is 17.7 Å². The molecule has 1 heterocycles. The molecule has 0 aromatic heterocycles. The minimum Gasteiger partial charge on any atom is -0.460 e. The molecule has 16 nitrogen and oxygen atoms in total. The van der Waals surface area contributed by atoms with Gasteiger partial charge in [-0.15, -0.1) is 0 Å². The van der Waals surface area contributed by atoms with Crippen LogP contribution in [0.15, 0.2) is 48.1 Å². The highest BCUT2D eigenvalue weighted by atomic mass is 16.6. The van der Waals surface area contributed by atoms with Crippen LogP contribution in [0.4, 0.5) is 0 Å². The molecule has 0 bridgehead atoms. The van der Waals surface area contributed by atoms with Crippen LogP contribution < -0.4 is 21.3 Å². The molecule has 16 heteroatoms. The summed E-state index contributed by atoms with van der Waals surface area (Å²) in [5.74, 6) is -4.06.